The number of phenols is 1. The van der Waals surface area contributed by atoms with Gasteiger partial charge in [-0.05, 0) is 29.8 Å². The molecule has 0 unspecified atom stereocenters. The summed E-state index contributed by atoms with van der Waals surface area (Å²) < 4.78 is 5.39. The second-order valence-corrected chi connectivity index (χ2v) is 6.10. The zero-order valence-corrected chi connectivity index (χ0v) is 13.9. The molecule has 128 valence electrons. The van der Waals surface area contributed by atoms with Gasteiger partial charge in [-0.25, -0.2) is 9.97 Å². The van der Waals surface area contributed by atoms with Crippen molar-refractivity contribution in [2.24, 2.45) is 0 Å². The highest BCUT2D eigenvalue weighted by molar-refractivity contribution is 5.90. The molecule has 1 saturated heterocycles. The molecule has 0 saturated carbocycles. The summed E-state index contributed by atoms with van der Waals surface area (Å²) in [5.74, 6) is 0.887. The lowest BCUT2D eigenvalue weighted by Gasteiger charge is -2.26. The first-order valence-electron chi connectivity index (χ1n) is 8.38. The van der Waals surface area contributed by atoms with Gasteiger partial charge in [-0.15, -0.1) is 0 Å². The number of benzene rings is 2. The van der Waals surface area contributed by atoms with Crippen LogP contribution >= 0.6 is 0 Å². The van der Waals surface area contributed by atoms with E-state index in [2.05, 4.69) is 20.2 Å². The number of nitrogens with one attached hydrogen (secondary N) is 1. The number of aromatic nitrogens is 2. The number of fused-ring (bicyclic) bond motifs is 1. The van der Waals surface area contributed by atoms with Crippen molar-refractivity contribution in [3.8, 4) is 5.75 Å². The highest BCUT2D eigenvalue weighted by Crippen LogP contribution is 2.30. The summed E-state index contributed by atoms with van der Waals surface area (Å²) in [6, 6.07) is 13.4. The predicted molar refractivity (Wildman–Crippen MR) is 97.0 cm³/mol. The zero-order valence-electron chi connectivity index (χ0n) is 13.9. The van der Waals surface area contributed by atoms with Crippen molar-refractivity contribution >= 4 is 22.4 Å². The van der Waals surface area contributed by atoms with Crippen LogP contribution in [0.5, 0.6) is 5.75 Å². The quantitative estimate of drug-likeness (QED) is 0.714. The van der Waals surface area contributed by atoms with Gasteiger partial charge >= 0.3 is 0 Å². The summed E-state index contributed by atoms with van der Waals surface area (Å²) in [5.41, 5.74) is 2.65. The maximum Gasteiger partial charge on any atom is 0.141 e. The van der Waals surface area contributed by atoms with Crippen LogP contribution in [0.15, 0.2) is 48.8 Å². The minimum Gasteiger partial charge on any atom is -0.506 e. The first kappa shape index (κ1) is 15.8. The van der Waals surface area contributed by atoms with E-state index in [9.17, 15) is 5.11 Å². The van der Waals surface area contributed by atoms with E-state index in [0.29, 0.717) is 11.5 Å². The van der Waals surface area contributed by atoms with Gasteiger partial charge in [0.1, 0.15) is 17.9 Å². The van der Waals surface area contributed by atoms with Gasteiger partial charge in [0.15, 0.2) is 0 Å². The lowest BCUT2D eigenvalue weighted by Crippen LogP contribution is -2.35. The standard InChI is InChI=1S/C19H20N4O2/c24-18-6-5-14(12-23-7-9-25-10-8-23)11-17(18)22-19-15-3-1-2-4-16(15)20-13-21-19/h1-6,11,13,24H,7-10,12H2,(H,20,21,22). The molecule has 0 atom stereocenters. The molecule has 1 aliphatic heterocycles. The Morgan fingerprint density at radius 2 is 1.92 bits per heavy atom. The molecule has 1 aliphatic rings. The topological polar surface area (TPSA) is 70.5 Å². The van der Waals surface area contributed by atoms with E-state index in [4.69, 9.17) is 4.74 Å². The normalized spacial score (nSPS) is 15.4. The fraction of sp³-hybridized carbons (Fsp3) is 0.263. The third-order valence-electron chi connectivity index (χ3n) is 4.37. The van der Waals surface area contributed by atoms with Gasteiger partial charge in [0.05, 0.1) is 24.4 Å². The maximum atomic E-state index is 10.2. The second-order valence-electron chi connectivity index (χ2n) is 6.10. The smallest absolute Gasteiger partial charge is 0.141 e. The Hall–Kier alpha value is -2.70. The summed E-state index contributed by atoms with van der Waals surface area (Å²) in [6.45, 7) is 4.25. The van der Waals surface area contributed by atoms with Gasteiger partial charge in [-0.2, -0.15) is 0 Å². The fourth-order valence-corrected chi connectivity index (χ4v) is 3.03. The summed E-state index contributed by atoms with van der Waals surface area (Å²) in [7, 11) is 0. The number of para-hydroxylation sites is 1. The van der Waals surface area contributed by atoms with Crippen LogP contribution in [0.1, 0.15) is 5.56 Å². The van der Waals surface area contributed by atoms with Gasteiger partial charge in [-0.3, -0.25) is 4.90 Å². The third kappa shape index (κ3) is 3.55. The van der Waals surface area contributed by atoms with E-state index in [0.717, 1.165) is 49.3 Å². The third-order valence-corrected chi connectivity index (χ3v) is 4.37. The van der Waals surface area contributed by atoms with Crippen molar-refractivity contribution < 1.29 is 9.84 Å². The zero-order chi connectivity index (χ0) is 17.1. The van der Waals surface area contributed by atoms with Crippen molar-refractivity contribution in [1.82, 2.24) is 14.9 Å². The van der Waals surface area contributed by atoms with Crippen molar-refractivity contribution in [3.63, 3.8) is 0 Å². The van der Waals surface area contributed by atoms with Crippen LogP contribution in [0.4, 0.5) is 11.5 Å². The number of hydrogen-bond acceptors (Lipinski definition) is 6. The molecule has 0 amide bonds. The minimum atomic E-state index is 0.202. The number of phenolic OH excluding ortho intramolecular Hbond substituents is 1. The minimum absolute atomic E-state index is 0.202. The van der Waals surface area contributed by atoms with Crippen LogP contribution in [-0.4, -0.2) is 46.3 Å². The summed E-state index contributed by atoms with van der Waals surface area (Å²) in [5, 5.41) is 14.4. The van der Waals surface area contributed by atoms with E-state index in [1.165, 1.54) is 6.33 Å². The molecule has 0 aliphatic carbocycles. The molecule has 3 aromatic rings. The fourth-order valence-electron chi connectivity index (χ4n) is 3.03. The first-order chi connectivity index (χ1) is 12.3. The lowest BCUT2D eigenvalue weighted by atomic mass is 10.1. The average molecular weight is 336 g/mol. The van der Waals surface area contributed by atoms with E-state index < -0.39 is 0 Å². The molecule has 6 nitrogen and oxygen atoms in total. The van der Waals surface area contributed by atoms with Gasteiger partial charge in [0.2, 0.25) is 0 Å². The summed E-state index contributed by atoms with van der Waals surface area (Å²) >= 11 is 0. The summed E-state index contributed by atoms with van der Waals surface area (Å²) in [6.07, 6.45) is 1.53. The summed E-state index contributed by atoms with van der Waals surface area (Å²) in [4.78, 5) is 10.9. The Bertz CT molecular complexity index is 873. The average Bonchev–Trinajstić information content (AvgIpc) is 2.66. The molecule has 4 rings (SSSR count). The molecule has 2 heterocycles. The number of anilines is 2. The molecule has 1 aromatic heterocycles. The molecule has 6 heteroatoms. The van der Waals surface area contributed by atoms with Gasteiger partial charge < -0.3 is 15.2 Å². The number of nitrogens with zero attached hydrogens (tertiary/aromatic N) is 3. The largest absolute Gasteiger partial charge is 0.506 e. The number of rotatable bonds is 4. The van der Waals surface area contributed by atoms with Crippen LogP contribution in [0.3, 0.4) is 0 Å². The van der Waals surface area contributed by atoms with Gasteiger partial charge in [-0.1, -0.05) is 18.2 Å². The molecular formula is C19H20N4O2. The Morgan fingerprint density at radius 3 is 2.80 bits per heavy atom. The van der Waals surface area contributed by atoms with Gasteiger partial charge in [0.25, 0.3) is 0 Å². The van der Waals surface area contributed by atoms with Crippen LogP contribution < -0.4 is 5.32 Å². The first-order valence-corrected chi connectivity index (χ1v) is 8.38. The van der Waals surface area contributed by atoms with Crippen molar-refractivity contribution in [2.75, 3.05) is 31.6 Å². The molecular weight excluding hydrogens is 316 g/mol. The van der Waals surface area contributed by atoms with Gasteiger partial charge in [0, 0.05) is 25.0 Å². The maximum absolute atomic E-state index is 10.2. The molecule has 0 radical (unpaired) electrons. The molecule has 0 bridgehead atoms. The van der Waals surface area contributed by atoms with Crippen molar-refractivity contribution in [3.05, 3.63) is 54.4 Å². The highest BCUT2D eigenvalue weighted by atomic mass is 16.5. The van der Waals surface area contributed by atoms with Crippen LogP contribution in [0.2, 0.25) is 0 Å². The van der Waals surface area contributed by atoms with Crippen LogP contribution in [-0.2, 0) is 11.3 Å². The monoisotopic (exact) mass is 336 g/mol. The SMILES string of the molecule is Oc1ccc(CN2CCOCC2)cc1Nc1ncnc2ccccc12. The van der Waals surface area contributed by atoms with E-state index in [1.54, 1.807) is 6.07 Å². The number of hydrogen-bond donors (Lipinski definition) is 2. The number of ether oxygens (including phenoxy) is 1. The Kier molecular flexibility index (Phi) is 4.45. The van der Waals surface area contributed by atoms with Crippen LogP contribution in [0, 0.1) is 0 Å². The predicted octanol–water partition coefficient (Wildman–Crippen LogP) is 2.91. The Labute approximate surface area is 146 Å². The van der Waals surface area contributed by atoms with Crippen LogP contribution in [0.25, 0.3) is 10.9 Å². The Morgan fingerprint density at radius 1 is 1.08 bits per heavy atom. The lowest BCUT2D eigenvalue weighted by molar-refractivity contribution is 0.0342. The molecule has 0 spiro atoms. The second kappa shape index (κ2) is 7.04. The number of morpholine rings is 1. The molecule has 2 aromatic carbocycles. The number of aromatic hydroxyl groups is 1. The van der Waals surface area contributed by atoms with E-state index >= 15 is 0 Å². The van der Waals surface area contributed by atoms with E-state index in [-0.39, 0.29) is 5.75 Å². The van der Waals surface area contributed by atoms with E-state index in [1.807, 2.05) is 36.4 Å². The molecule has 2 N–H and O–H groups in total. The molecule has 1 fully saturated rings. The molecule has 25 heavy (non-hydrogen) atoms. The highest BCUT2D eigenvalue weighted by Gasteiger charge is 2.12. The van der Waals surface area contributed by atoms with Crippen molar-refractivity contribution in [2.45, 2.75) is 6.54 Å². The van der Waals surface area contributed by atoms with Crippen molar-refractivity contribution in [1.29, 1.82) is 0 Å². The Balaban J connectivity index is 1.60.